The van der Waals surface area contributed by atoms with Crippen LogP contribution in [0.15, 0.2) is 0 Å². The molecule has 21 heavy (non-hydrogen) atoms. The summed E-state index contributed by atoms with van der Waals surface area (Å²) in [4.78, 5) is 33.2. The van der Waals surface area contributed by atoms with Crippen LogP contribution >= 0.6 is 0 Å². The van der Waals surface area contributed by atoms with Crippen LogP contribution in [0.1, 0.15) is 20.8 Å². The van der Waals surface area contributed by atoms with Crippen molar-refractivity contribution in [2.75, 3.05) is 6.61 Å². The van der Waals surface area contributed by atoms with E-state index in [1.54, 1.807) is 0 Å². The minimum Gasteiger partial charge on any atom is -0.456 e. The summed E-state index contributed by atoms with van der Waals surface area (Å²) in [6.07, 6.45) is -4.57. The van der Waals surface area contributed by atoms with Gasteiger partial charge < -0.3 is 18.9 Å². The molecule has 1 rings (SSSR count). The number of ether oxygens (including phenoxy) is 4. The van der Waals surface area contributed by atoms with Crippen LogP contribution < -0.4 is 0 Å². The molecule has 0 aliphatic carbocycles. The fraction of sp³-hybridized carbons (Fsp3) is 0.667. The van der Waals surface area contributed by atoms with Gasteiger partial charge in [0.15, 0.2) is 12.2 Å². The van der Waals surface area contributed by atoms with E-state index in [4.69, 9.17) is 19.5 Å². The molecule has 1 saturated heterocycles. The third-order valence-corrected chi connectivity index (χ3v) is 2.55. The van der Waals surface area contributed by atoms with Gasteiger partial charge in [0.05, 0.1) is 6.61 Å². The first kappa shape index (κ1) is 16.8. The van der Waals surface area contributed by atoms with Crippen LogP contribution in [-0.4, -0.2) is 48.7 Å². The first-order valence-corrected chi connectivity index (χ1v) is 5.95. The van der Waals surface area contributed by atoms with Gasteiger partial charge in [0.1, 0.15) is 6.07 Å². The minimum absolute atomic E-state index is 0.528. The van der Waals surface area contributed by atoms with Crippen molar-refractivity contribution < 1.29 is 37.7 Å². The van der Waals surface area contributed by atoms with E-state index in [1.165, 1.54) is 6.07 Å². The van der Waals surface area contributed by atoms with Gasteiger partial charge in [-0.05, 0) is 0 Å². The first-order chi connectivity index (χ1) is 9.69. The van der Waals surface area contributed by atoms with Gasteiger partial charge in [0.2, 0.25) is 6.10 Å². The molecule has 9 heteroatoms. The number of alkyl halides is 1. The highest BCUT2D eigenvalue weighted by atomic mass is 19.2. The van der Waals surface area contributed by atoms with Crippen LogP contribution in [0.2, 0.25) is 0 Å². The summed E-state index contributed by atoms with van der Waals surface area (Å²) < 4.78 is 33.4. The van der Waals surface area contributed by atoms with E-state index in [1.807, 2.05) is 0 Å². The number of carbonyl (C=O) groups is 3. The highest BCUT2D eigenvalue weighted by molar-refractivity contribution is 5.68. The normalized spacial score (nSPS) is 31.7. The van der Waals surface area contributed by atoms with Crippen LogP contribution in [-0.2, 0) is 33.3 Å². The van der Waals surface area contributed by atoms with E-state index >= 15 is 0 Å². The number of halogens is 1. The predicted octanol–water partition coefficient (Wildman–Crippen LogP) is 0.00108. The highest BCUT2D eigenvalue weighted by Gasteiger charge is 2.57. The second kappa shape index (κ2) is 6.49. The quantitative estimate of drug-likeness (QED) is 0.529. The van der Waals surface area contributed by atoms with Gasteiger partial charge in [-0.3, -0.25) is 14.4 Å². The maximum atomic E-state index is 14.3. The van der Waals surface area contributed by atoms with Gasteiger partial charge in [-0.1, -0.05) is 0 Å². The third-order valence-electron chi connectivity index (χ3n) is 2.55. The van der Waals surface area contributed by atoms with Crippen LogP contribution in [0.25, 0.3) is 0 Å². The van der Waals surface area contributed by atoms with Crippen LogP contribution in [0.4, 0.5) is 4.39 Å². The van der Waals surface area contributed by atoms with Crippen molar-refractivity contribution in [2.45, 2.75) is 44.9 Å². The standard InChI is InChI=1S/C12H14FNO7/c1-6(15)19-9-4-18-12(13,5-14)11(21-8(3)17)10(9)20-7(2)16/h9-11H,4H2,1-3H3/t9-,10-,11+,12+/m0/s1. The maximum Gasteiger partial charge on any atom is 0.338 e. The Balaban J connectivity index is 3.13. The fourth-order valence-electron chi connectivity index (χ4n) is 1.85. The minimum atomic E-state index is -3.01. The molecule has 0 aromatic rings. The number of nitriles is 1. The molecule has 0 radical (unpaired) electrons. The first-order valence-electron chi connectivity index (χ1n) is 5.95. The van der Waals surface area contributed by atoms with E-state index in [0.717, 1.165) is 20.8 Å². The van der Waals surface area contributed by atoms with Gasteiger partial charge in [0, 0.05) is 20.8 Å². The predicted molar refractivity (Wildman–Crippen MR) is 62.1 cm³/mol. The lowest BCUT2D eigenvalue weighted by molar-refractivity contribution is -0.274. The molecule has 0 bridgehead atoms. The fourth-order valence-corrected chi connectivity index (χ4v) is 1.85. The average Bonchev–Trinajstić information content (AvgIpc) is 2.36. The van der Waals surface area contributed by atoms with Crippen LogP contribution in [0.5, 0.6) is 0 Å². The van der Waals surface area contributed by atoms with Crippen molar-refractivity contribution in [2.24, 2.45) is 0 Å². The number of hydrogen-bond donors (Lipinski definition) is 0. The number of hydrogen-bond acceptors (Lipinski definition) is 8. The maximum absolute atomic E-state index is 14.3. The molecule has 0 aromatic heterocycles. The van der Waals surface area contributed by atoms with Crippen molar-refractivity contribution >= 4 is 17.9 Å². The summed E-state index contributed by atoms with van der Waals surface area (Å²) in [7, 11) is 0. The molecule has 1 heterocycles. The number of rotatable bonds is 3. The average molecular weight is 303 g/mol. The third kappa shape index (κ3) is 4.13. The smallest absolute Gasteiger partial charge is 0.338 e. The number of nitrogens with zero attached hydrogens (tertiary/aromatic N) is 1. The van der Waals surface area contributed by atoms with Gasteiger partial charge in [0.25, 0.3) is 0 Å². The van der Waals surface area contributed by atoms with E-state index in [2.05, 4.69) is 4.74 Å². The summed E-state index contributed by atoms with van der Waals surface area (Å²) >= 11 is 0. The Bertz CT molecular complexity index is 488. The molecule has 1 aliphatic rings. The largest absolute Gasteiger partial charge is 0.456 e. The lowest BCUT2D eigenvalue weighted by Gasteiger charge is -2.40. The molecule has 0 spiro atoms. The number of carbonyl (C=O) groups excluding carboxylic acids is 3. The second-order valence-electron chi connectivity index (χ2n) is 4.32. The molecule has 0 N–H and O–H groups in total. The van der Waals surface area contributed by atoms with Crippen molar-refractivity contribution in [3.63, 3.8) is 0 Å². The Morgan fingerprint density at radius 2 is 1.67 bits per heavy atom. The molecular formula is C12H14FNO7. The topological polar surface area (TPSA) is 112 Å². The SMILES string of the molecule is CC(=O)O[C@H]1[C@@H](OC(C)=O)CO[C@](F)(C#N)[C@@H]1OC(C)=O. The van der Waals surface area contributed by atoms with E-state index < -0.39 is 48.7 Å². The van der Waals surface area contributed by atoms with Gasteiger partial charge in [-0.25, -0.2) is 0 Å². The summed E-state index contributed by atoms with van der Waals surface area (Å²) in [6, 6.07) is 1.21. The summed E-state index contributed by atoms with van der Waals surface area (Å²) in [5.74, 6) is -5.48. The van der Waals surface area contributed by atoms with Crippen LogP contribution in [0, 0.1) is 11.3 Å². The molecule has 1 fully saturated rings. The summed E-state index contributed by atoms with van der Waals surface area (Å²) in [5, 5.41) is 8.86. The number of esters is 3. The van der Waals surface area contributed by atoms with Crippen molar-refractivity contribution in [3.8, 4) is 6.07 Å². The molecule has 1 aliphatic heterocycles. The molecule has 0 aromatic carbocycles. The van der Waals surface area contributed by atoms with Gasteiger partial charge in [-0.15, -0.1) is 0 Å². The Labute approximate surface area is 119 Å². The summed E-state index contributed by atoms with van der Waals surface area (Å²) in [5.41, 5.74) is 0. The van der Waals surface area contributed by atoms with Gasteiger partial charge in [-0.2, -0.15) is 9.65 Å². The molecule has 0 unspecified atom stereocenters. The van der Waals surface area contributed by atoms with Crippen LogP contribution in [0.3, 0.4) is 0 Å². The van der Waals surface area contributed by atoms with E-state index in [9.17, 15) is 18.8 Å². The lowest BCUT2D eigenvalue weighted by atomic mass is 9.98. The molecule has 4 atom stereocenters. The van der Waals surface area contributed by atoms with E-state index in [0.29, 0.717) is 0 Å². The Kier molecular flexibility index (Phi) is 5.21. The molecule has 0 amide bonds. The zero-order valence-electron chi connectivity index (χ0n) is 11.6. The molecule has 116 valence electrons. The zero-order chi connectivity index (χ0) is 16.2. The Morgan fingerprint density at radius 3 is 2.10 bits per heavy atom. The van der Waals surface area contributed by atoms with Gasteiger partial charge >= 0.3 is 23.8 Å². The lowest BCUT2D eigenvalue weighted by Crippen LogP contribution is -2.61. The van der Waals surface area contributed by atoms with Crippen molar-refractivity contribution in [1.82, 2.24) is 0 Å². The molecule has 0 saturated carbocycles. The summed E-state index contributed by atoms with van der Waals surface area (Å²) in [6.45, 7) is 2.59. The Morgan fingerprint density at radius 1 is 1.14 bits per heavy atom. The zero-order valence-corrected chi connectivity index (χ0v) is 11.6. The van der Waals surface area contributed by atoms with Crippen molar-refractivity contribution in [1.29, 1.82) is 5.26 Å². The highest BCUT2D eigenvalue weighted by Crippen LogP contribution is 2.32. The monoisotopic (exact) mass is 303 g/mol. The van der Waals surface area contributed by atoms with E-state index in [-0.39, 0.29) is 0 Å². The van der Waals surface area contributed by atoms with Crippen molar-refractivity contribution in [3.05, 3.63) is 0 Å². The molecular weight excluding hydrogens is 289 g/mol. The second-order valence-corrected chi connectivity index (χ2v) is 4.32. The molecule has 8 nitrogen and oxygen atoms in total. The Hall–Kier alpha value is -2.21.